The van der Waals surface area contributed by atoms with Crippen LogP contribution in [0.15, 0.2) is 0 Å². The number of rotatable bonds is 2. The van der Waals surface area contributed by atoms with E-state index in [1.807, 2.05) is 0 Å². The molecule has 0 aromatic rings. The lowest BCUT2D eigenvalue weighted by Gasteiger charge is -2.35. The zero-order valence-corrected chi connectivity index (χ0v) is 9.84. The lowest BCUT2D eigenvalue weighted by Crippen LogP contribution is -2.51. The van der Waals surface area contributed by atoms with E-state index in [2.05, 4.69) is 31.0 Å². The minimum atomic E-state index is 0.404. The van der Waals surface area contributed by atoms with E-state index in [1.54, 1.807) is 0 Å². The molecule has 82 valence electrons. The summed E-state index contributed by atoms with van der Waals surface area (Å²) in [6.45, 7) is 10.7. The molecule has 1 saturated carbocycles. The Bertz CT molecular complexity index is 200. The van der Waals surface area contributed by atoms with Crippen molar-refractivity contribution < 1.29 is 0 Å². The van der Waals surface area contributed by atoms with E-state index in [4.69, 9.17) is 0 Å². The van der Waals surface area contributed by atoms with Gasteiger partial charge in [-0.2, -0.15) is 0 Å². The van der Waals surface area contributed by atoms with Gasteiger partial charge >= 0.3 is 0 Å². The minimum absolute atomic E-state index is 0.404. The summed E-state index contributed by atoms with van der Waals surface area (Å²) in [5.74, 6) is 0.946. The molecule has 1 aliphatic carbocycles. The topological polar surface area (TPSA) is 15.3 Å². The first-order chi connectivity index (χ1) is 6.65. The van der Waals surface area contributed by atoms with Crippen LogP contribution in [-0.2, 0) is 0 Å². The average Bonchev–Trinajstić information content (AvgIpc) is 2.95. The molecular formula is C12H24N2. The Labute approximate surface area is 88.1 Å². The molecule has 0 aromatic heterocycles. The fourth-order valence-corrected chi connectivity index (χ4v) is 2.80. The number of nitrogens with zero attached hydrogens (tertiary/aromatic N) is 1. The van der Waals surface area contributed by atoms with Gasteiger partial charge in [0.25, 0.3) is 0 Å². The largest absolute Gasteiger partial charge is 0.310 e. The fraction of sp³-hybridized carbons (Fsp3) is 1.00. The van der Waals surface area contributed by atoms with Crippen LogP contribution in [0.3, 0.4) is 0 Å². The summed E-state index contributed by atoms with van der Waals surface area (Å²) in [7, 11) is 0. The van der Waals surface area contributed by atoms with Gasteiger partial charge in [-0.05, 0) is 52.1 Å². The van der Waals surface area contributed by atoms with Crippen LogP contribution >= 0.6 is 0 Å². The van der Waals surface area contributed by atoms with Crippen LogP contribution < -0.4 is 5.32 Å². The molecule has 1 N–H and O–H groups in total. The van der Waals surface area contributed by atoms with Gasteiger partial charge in [-0.25, -0.2) is 0 Å². The van der Waals surface area contributed by atoms with Crippen molar-refractivity contribution >= 4 is 0 Å². The number of nitrogens with one attached hydrogen (secondary N) is 1. The normalized spacial score (nSPS) is 40.9. The second-order valence-electron chi connectivity index (χ2n) is 5.32. The highest BCUT2D eigenvalue weighted by Gasteiger charge is 2.43. The fourth-order valence-electron chi connectivity index (χ4n) is 2.80. The van der Waals surface area contributed by atoms with Gasteiger partial charge in [-0.15, -0.1) is 0 Å². The molecule has 2 aliphatic rings. The van der Waals surface area contributed by atoms with E-state index in [1.165, 1.54) is 38.9 Å². The molecule has 0 radical (unpaired) electrons. The maximum Gasteiger partial charge on any atom is 0.0308 e. The molecule has 0 amide bonds. The van der Waals surface area contributed by atoms with Gasteiger partial charge in [0, 0.05) is 18.1 Å². The zero-order valence-electron chi connectivity index (χ0n) is 9.84. The van der Waals surface area contributed by atoms with Gasteiger partial charge in [-0.3, -0.25) is 4.90 Å². The van der Waals surface area contributed by atoms with Crippen molar-refractivity contribution in [2.45, 2.75) is 51.6 Å². The van der Waals surface area contributed by atoms with Crippen LogP contribution in [-0.4, -0.2) is 36.1 Å². The summed E-state index contributed by atoms with van der Waals surface area (Å²) in [6, 6.07) is 0.757. The Morgan fingerprint density at radius 1 is 1.36 bits per heavy atom. The Kier molecular flexibility index (Phi) is 2.85. The van der Waals surface area contributed by atoms with E-state index in [9.17, 15) is 0 Å². The minimum Gasteiger partial charge on any atom is -0.310 e. The second-order valence-corrected chi connectivity index (χ2v) is 5.32. The summed E-state index contributed by atoms with van der Waals surface area (Å²) in [6.07, 6.45) is 4.18. The maximum absolute atomic E-state index is 3.77. The Morgan fingerprint density at radius 2 is 2.07 bits per heavy atom. The molecule has 0 bridgehead atoms. The van der Waals surface area contributed by atoms with Crippen molar-refractivity contribution in [1.82, 2.24) is 10.2 Å². The molecule has 1 aliphatic heterocycles. The van der Waals surface area contributed by atoms with E-state index in [0.717, 1.165) is 12.0 Å². The van der Waals surface area contributed by atoms with E-state index >= 15 is 0 Å². The van der Waals surface area contributed by atoms with Crippen LogP contribution in [0.2, 0.25) is 0 Å². The van der Waals surface area contributed by atoms with Gasteiger partial charge in [-0.1, -0.05) is 6.92 Å². The van der Waals surface area contributed by atoms with Gasteiger partial charge in [0.15, 0.2) is 0 Å². The first-order valence-corrected chi connectivity index (χ1v) is 6.15. The first-order valence-electron chi connectivity index (χ1n) is 6.15. The molecule has 2 heteroatoms. The van der Waals surface area contributed by atoms with Crippen molar-refractivity contribution in [1.29, 1.82) is 0 Å². The third kappa shape index (κ3) is 1.96. The SMILES string of the molecule is CCN1CC(C)(C2CC2)NCCC1C. The van der Waals surface area contributed by atoms with Crippen LogP contribution in [0.4, 0.5) is 0 Å². The Morgan fingerprint density at radius 3 is 2.64 bits per heavy atom. The van der Waals surface area contributed by atoms with Gasteiger partial charge in [0.2, 0.25) is 0 Å². The molecule has 0 aromatic carbocycles. The van der Waals surface area contributed by atoms with Crippen molar-refractivity contribution in [3.05, 3.63) is 0 Å². The predicted octanol–water partition coefficient (Wildman–Crippen LogP) is 1.86. The Balaban J connectivity index is 2.05. The Hall–Kier alpha value is -0.0800. The van der Waals surface area contributed by atoms with Crippen LogP contribution in [0, 0.1) is 5.92 Å². The quantitative estimate of drug-likeness (QED) is 0.725. The van der Waals surface area contributed by atoms with E-state index in [-0.39, 0.29) is 0 Å². The number of hydrogen-bond donors (Lipinski definition) is 1. The van der Waals surface area contributed by atoms with Crippen LogP contribution in [0.5, 0.6) is 0 Å². The van der Waals surface area contributed by atoms with Crippen molar-refractivity contribution in [2.24, 2.45) is 5.92 Å². The second kappa shape index (κ2) is 3.82. The highest BCUT2D eigenvalue weighted by molar-refractivity contribution is 5.01. The number of likely N-dealkylation sites (N-methyl/N-ethyl adjacent to an activating group) is 1. The van der Waals surface area contributed by atoms with E-state index in [0.29, 0.717) is 5.54 Å². The highest BCUT2D eigenvalue weighted by atomic mass is 15.2. The van der Waals surface area contributed by atoms with Crippen LogP contribution in [0.1, 0.15) is 40.0 Å². The molecule has 14 heavy (non-hydrogen) atoms. The van der Waals surface area contributed by atoms with E-state index < -0.39 is 0 Å². The third-order valence-corrected chi connectivity index (χ3v) is 4.13. The first kappa shape index (κ1) is 10.4. The predicted molar refractivity (Wildman–Crippen MR) is 60.5 cm³/mol. The zero-order chi connectivity index (χ0) is 10.2. The van der Waals surface area contributed by atoms with Gasteiger partial charge < -0.3 is 5.32 Å². The molecule has 1 heterocycles. The molecule has 2 rings (SSSR count). The lowest BCUT2D eigenvalue weighted by atomic mass is 9.95. The standard InChI is InChI=1S/C12H24N2/c1-4-14-9-12(3,11-5-6-11)13-8-7-10(14)2/h10-11,13H,4-9H2,1-3H3. The molecule has 2 unspecified atom stereocenters. The average molecular weight is 196 g/mol. The monoisotopic (exact) mass is 196 g/mol. The van der Waals surface area contributed by atoms with Crippen LogP contribution in [0.25, 0.3) is 0 Å². The summed E-state index contributed by atoms with van der Waals surface area (Å²) in [4.78, 5) is 2.64. The molecule has 1 saturated heterocycles. The molecule has 2 nitrogen and oxygen atoms in total. The number of hydrogen-bond acceptors (Lipinski definition) is 2. The van der Waals surface area contributed by atoms with Crippen molar-refractivity contribution in [3.63, 3.8) is 0 Å². The maximum atomic E-state index is 3.77. The smallest absolute Gasteiger partial charge is 0.0308 e. The molecular weight excluding hydrogens is 172 g/mol. The molecule has 2 fully saturated rings. The van der Waals surface area contributed by atoms with Gasteiger partial charge in [0.1, 0.15) is 0 Å². The highest BCUT2D eigenvalue weighted by Crippen LogP contribution is 2.40. The van der Waals surface area contributed by atoms with Crippen molar-refractivity contribution in [3.8, 4) is 0 Å². The summed E-state index contributed by atoms with van der Waals surface area (Å²) >= 11 is 0. The summed E-state index contributed by atoms with van der Waals surface area (Å²) in [5, 5.41) is 3.77. The lowest BCUT2D eigenvalue weighted by molar-refractivity contribution is 0.170. The summed E-state index contributed by atoms with van der Waals surface area (Å²) < 4.78 is 0. The molecule has 0 spiro atoms. The summed E-state index contributed by atoms with van der Waals surface area (Å²) in [5.41, 5.74) is 0.404. The molecule has 2 atom stereocenters. The third-order valence-electron chi connectivity index (χ3n) is 4.13. The van der Waals surface area contributed by atoms with Crippen molar-refractivity contribution in [2.75, 3.05) is 19.6 Å². The van der Waals surface area contributed by atoms with Gasteiger partial charge in [0.05, 0.1) is 0 Å².